The molecule has 0 N–H and O–H groups in total. The fourth-order valence-electron chi connectivity index (χ4n) is 1.45. The van der Waals surface area contributed by atoms with Gasteiger partial charge in [0.15, 0.2) is 17.8 Å². The van der Waals surface area contributed by atoms with E-state index >= 15 is 0 Å². The molecule has 0 aliphatic carbocycles. The maximum absolute atomic E-state index is 10.9. The number of carbonyl (C=O) groups excluding carboxylic acids is 1. The van der Waals surface area contributed by atoms with Gasteiger partial charge in [-0.05, 0) is 11.6 Å². The van der Waals surface area contributed by atoms with Gasteiger partial charge in [-0.3, -0.25) is 4.79 Å². The molecule has 4 nitrogen and oxygen atoms in total. The maximum atomic E-state index is 10.9. The van der Waals surface area contributed by atoms with Gasteiger partial charge in [-0.2, -0.15) is 0 Å². The van der Waals surface area contributed by atoms with Crippen molar-refractivity contribution in [3.8, 4) is 11.5 Å². The van der Waals surface area contributed by atoms with Crippen molar-refractivity contribution in [3.63, 3.8) is 0 Å². The quantitative estimate of drug-likeness (QED) is 0.682. The lowest BCUT2D eigenvalue weighted by atomic mass is 10.1. The molecule has 1 heterocycles. The lowest BCUT2D eigenvalue weighted by Crippen LogP contribution is -1.97. The molecule has 1 aromatic rings. The Balaban J connectivity index is 2.48. The molecule has 0 atom stereocenters. The predicted octanol–water partition coefficient (Wildman–Crippen LogP) is 1.37. The standard InChI is InChI=1S/C10H10O4/c1-12-5-7-2-3-9-10(8(7)4-11)14-6-13-9/h2-4H,5-6H2,1H3. The maximum Gasteiger partial charge on any atom is 0.231 e. The van der Waals surface area contributed by atoms with E-state index in [-0.39, 0.29) is 6.79 Å². The molecular formula is C10H10O4. The topological polar surface area (TPSA) is 44.8 Å². The highest BCUT2D eigenvalue weighted by Crippen LogP contribution is 2.36. The summed E-state index contributed by atoms with van der Waals surface area (Å²) < 4.78 is 15.3. The molecule has 0 bridgehead atoms. The van der Waals surface area contributed by atoms with E-state index < -0.39 is 0 Å². The average Bonchev–Trinajstić information content (AvgIpc) is 2.66. The number of rotatable bonds is 3. The monoisotopic (exact) mass is 194 g/mol. The molecule has 0 aromatic heterocycles. The van der Waals surface area contributed by atoms with Crippen LogP contribution in [-0.2, 0) is 11.3 Å². The lowest BCUT2D eigenvalue weighted by Gasteiger charge is -2.05. The lowest BCUT2D eigenvalue weighted by molar-refractivity contribution is 0.111. The molecule has 2 rings (SSSR count). The first kappa shape index (κ1) is 9.02. The summed E-state index contributed by atoms with van der Waals surface area (Å²) in [6.07, 6.45) is 0.766. The highest BCUT2D eigenvalue weighted by Gasteiger charge is 2.20. The SMILES string of the molecule is COCc1ccc2c(c1C=O)OCO2. The van der Waals surface area contributed by atoms with Crippen LogP contribution < -0.4 is 9.47 Å². The molecule has 1 aromatic carbocycles. The summed E-state index contributed by atoms with van der Waals surface area (Å²) in [7, 11) is 1.58. The Kier molecular flexibility index (Phi) is 2.37. The number of methoxy groups -OCH3 is 1. The Hall–Kier alpha value is -1.55. The van der Waals surface area contributed by atoms with E-state index in [1.807, 2.05) is 0 Å². The second kappa shape index (κ2) is 3.67. The predicted molar refractivity (Wildman–Crippen MR) is 48.7 cm³/mol. The van der Waals surface area contributed by atoms with Gasteiger partial charge < -0.3 is 14.2 Å². The Bertz CT molecular complexity index is 359. The number of aldehydes is 1. The minimum Gasteiger partial charge on any atom is -0.454 e. The number of hydrogen-bond donors (Lipinski definition) is 0. The van der Waals surface area contributed by atoms with E-state index in [1.54, 1.807) is 19.2 Å². The first-order chi connectivity index (χ1) is 6.86. The van der Waals surface area contributed by atoms with Gasteiger partial charge in [-0.25, -0.2) is 0 Å². The van der Waals surface area contributed by atoms with Crippen LogP contribution >= 0.6 is 0 Å². The fourth-order valence-corrected chi connectivity index (χ4v) is 1.45. The zero-order valence-corrected chi connectivity index (χ0v) is 7.78. The molecule has 0 saturated heterocycles. The summed E-state index contributed by atoms with van der Waals surface area (Å²) in [5, 5.41) is 0. The first-order valence-corrected chi connectivity index (χ1v) is 4.22. The van der Waals surface area contributed by atoms with Crippen molar-refractivity contribution in [2.24, 2.45) is 0 Å². The number of ether oxygens (including phenoxy) is 3. The summed E-state index contributed by atoms with van der Waals surface area (Å²) in [4.78, 5) is 10.9. The van der Waals surface area contributed by atoms with Crippen molar-refractivity contribution in [1.29, 1.82) is 0 Å². The van der Waals surface area contributed by atoms with Crippen LogP contribution in [0.5, 0.6) is 11.5 Å². The minimum atomic E-state index is 0.173. The van der Waals surface area contributed by atoms with Crippen molar-refractivity contribution < 1.29 is 19.0 Å². The van der Waals surface area contributed by atoms with Gasteiger partial charge in [0.2, 0.25) is 6.79 Å². The second-order valence-electron chi connectivity index (χ2n) is 2.92. The number of benzene rings is 1. The van der Waals surface area contributed by atoms with Crippen LogP contribution in [0.1, 0.15) is 15.9 Å². The zero-order chi connectivity index (χ0) is 9.97. The van der Waals surface area contributed by atoms with Gasteiger partial charge in [0.25, 0.3) is 0 Å². The van der Waals surface area contributed by atoms with Crippen molar-refractivity contribution >= 4 is 6.29 Å². The second-order valence-corrected chi connectivity index (χ2v) is 2.92. The van der Waals surface area contributed by atoms with Gasteiger partial charge >= 0.3 is 0 Å². The number of carbonyl (C=O) groups is 1. The van der Waals surface area contributed by atoms with E-state index in [0.717, 1.165) is 11.8 Å². The van der Waals surface area contributed by atoms with E-state index in [1.165, 1.54) is 0 Å². The van der Waals surface area contributed by atoms with Crippen LogP contribution in [0.2, 0.25) is 0 Å². The number of fused-ring (bicyclic) bond motifs is 1. The van der Waals surface area contributed by atoms with Crippen molar-refractivity contribution in [2.45, 2.75) is 6.61 Å². The third kappa shape index (κ3) is 1.33. The van der Waals surface area contributed by atoms with Gasteiger partial charge in [0.05, 0.1) is 12.2 Å². The normalized spacial score (nSPS) is 12.9. The minimum absolute atomic E-state index is 0.173. The Morgan fingerprint density at radius 1 is 1.50 bits per heavy atom. The zero-order valence-electron chi connectivity index (χ0n) is 7.78. The smallest absolute Gasteiger partial charge is 0.231 e. The molecule has 0 unspecified atom stereocenters. The first-order valence-electron chi connectivity index (χ1n) is 4.22. The fraction of sp³-hybridized carbons (Fsp3) is 0.300. The molecule has 74 valence electrons. The molecule has 1 aliphatic heterocycles. The Labute approximate surface area is 81.4 Å². The molecule has 0 amide bonds. The molecule has 0 spiro atoms. The highest BCUT2D eigenvalue weighted by atomic mass is 16.7. The van der Waals surface area contributed by atoms with Crippen LogP contribution in [0.4, 0.5) is 0 Å². The Morgan fingerprint density at radius 3 is 3.07 bits per heavy atom. The Morgan fingerprint density at radius 2 is 2.36 bits per heavy atom. The van der Waals surface area contributed by atoms with E-state index in [2.05, 4.69) is 0 Å². The third-order valence-corrected chi connectivity index (χ3v) is 2.09. The molecule has 0 fully saturated rings. The molecule has 1 aliphatic rings. The van der Waals surface area contributed by atoms with Gasteiger partial charge in [0, 0.05) is 7.11 Å². The molecular weight excluding hydrogens is 184 g/mol. The molecule has 4 heteroatoms. The third-order valence-electron chi connectivity index (χ3n) is 2.09. The van der Waals surface area contributed by atoms with Crippen LogP contribution in [0.15, 0.2) is 12.1 Å². The summed E-state index contributed by atoms with van der Waals surface area (Å²) >= 11 is 0. The van der Waals surface area contributed by atoms with E-state index in [0.29, 0.717) is 23.7 Å². The molecule has 0 radical (unpaired) electrons. The van der Waals surface area contributed by atoms with E-state index in [4.69, 9.17) is 14.2 Å². The van der Waals surface area contributed by atoms with Crippen LogP contribution in [-0.4, -0.2) is 20.2 Å². The van der Waals surface area contributed by atoms with Crippen molar-refractivity contribution in [2.75, 3.05) is 13.9 Å². The van der Waals surface area contributed by atoms with Crippen LogP contribution in [0.25, 0.3) is 0 Å². The summed E-state index contributed by atoms with van der Waals surface area (Å²) in [5.41, 5.74) is 1.33. The average molecular weight is 194 g/mol. The van der Waals surface area contributed by atoms with Crippen LogP contribution in [0, 0.1) is 0 Å². The summed E-state index contributed by atoms with van der Waals surface area (Å²) in [5.74, 6) is 1.14. The van der Waals surface area contributed by atoms with E-state index in [9.17, 15) is 4.79 Å². The van der Waals surface area contributed by atoms with Gasteiger partial charge in [-0.1, -0.05) is 6.07 Å². The largest absolute Gasteiger partial charge is 0.454 e. The molecule has 14 heavy (non-hydrogen) atoms. The number of hydrogen-bond acceptors (Lipinski definition) is 4. The van der Waals surface area contributed by atoms with Crippen molar-refractivity contribution in [3.05, 3.63) is 23.3 Å². The molecule has 0 saturated carbocycles. The van der Waals surface area contributed by atoms with Crippen molar-refractivity contribution in [1.82, 2.24) is 0 Å². The summed E-state index contributed by atoms with van der Waals surface area (Å²) in [6.45, 7) is 0.567. The van der Waals surface area contributed by atoms with Gasteiger partial charge in [0.1, 0.15) is 0 Å². The van der Waals surface area contributed by atoms with Crippen LogP contribution in [0.3, 0.4) is 0 Å². The van der Waals surface area contributed by atoms with Gasteiger partial charge in [-0.15, -0.1) is 0 Å². The summed E-state index contributed by atoms with van der Waals surface area (Å²) in [6, 6.07) is 3.59. The highest BCUT2D eigenvalue weighted by molar-refractivity contribution is 5.83.